The Hall–Kier alpha value is -2.48. The Kier molecular flexibility index (Phi) is 4.26. The summed E-state index contributed by atoms with van der Waals surface area (Å²) in [7, 11) is 2.89. The molecule has 104 valence electrons. The molecule has 0 unspecified atom stereocenters. The molecule has 0 aromatic carbocycles. The number of rotatable bonds is 4. The zero-order valence-corrected chi connectivity index (χ0v) is 11.4. The summed E-state index contributed by atoms with van der Waals surface area (Å²) >= 11 is 5.59. The SMILES string of the molecule is COc1cc(OC)nc(NC(=O)c2cnc(Cl)cn2)n1. The molecule has 0 atom stereocenters. The number of ether oxygens (including phenoxy) is 2. The van der Waals surface area contributed by atoms with Gasteiger partial charge in [-0.1, -0.05) is 11.6 Å². The number of hydrogen-bond acceptors (Lipinski definition) is 7. The van der Waals surface area contributed by atoms with Gasteiger partial charge in [-0.2, -0.15) is 9.97 Å². The molecule has 20 heavy (non-hydrogen) atoms. The fourth-order valence-electron chi connectivity index (χ4n) is 1.26. The molecule has 1 N–H and O–H groups in total. The van der Waals surface area contributed by atoms with E-state index in [4.69, 9.17) is 21.1 Å². The monoisotopic (exact) mass is 295 g/mol. The Morgan fingerprint density at radius 3 is 2.30 bits per heavy atom. The lowest BCUT2D eigenvalue weighted by Gasteiger charge is -2.07. The van der Waals surface area contributed by atoms with E-state index in [0.29, 0.717) is 0 Å². The average Bonchev–Trinajstić information content (AvgIpc) is 2.47. The van der Waals surface area contributed by atoms with Crippen LogP contribution in [0.25, 0.3) is 0 Å². The highest BCUT2D eigenvalue weighted by atomic mass is 35.5. The first-order valence-electron chi connectivity index (χ1n) is 5.38. The van der Waals surface area contributed by atoms with Crippen LogP contribution in [0.2, 0.25) is 5.15 Å². The van der Waals surface area contributed by atoms with Crippen molar-refractivity contribution in [2.75, 3.05) is 19.5 Å². The van der Waals surface area contributed by atoms with E-state index < -0.39 is 5.91 Å². The van der Waals surface area contributed by atoms with Crippen molar-refractivity contribution >= 4 is 23.5 Å². The van der Waals surface area contributed by atoms with Gasteiger partial charge in [0, 0.05) is 0 Å². The molecule has 0 aliphatic heterocycles. The number of nitrogens with zero attached hydrogens (tertiary/aromatic N) is 4. The molecule has 0 aliphatic carbocycles. The van der Waals surface area contributed by atoms with Crippen LogP contribution in [0.3, 0.4) is 0 Å². The summed E-state index contributed by atoms with van der Waals surface area (Å²) in [5, 5.41) is 2.66. The minimum Gasteiger partial charge on any atom is -0.481 e. The van der Waals surface area contributed by atoms with Crippen LogP contribution >= 0.6 is 11.6 Å². The van der Waals surface area contributed by atoms with Crippen molar-refractivity contribution in [2.45, 2.75) is 0 Å². The number of carbonyl (C=O) groups is 1. The second kappa shape index (κ2) is 6.11. The van der Waals surface area contributed by atoms with Crippen LogP contribution < -0.4 is 14.8 Å². The number of carbonyl (C=O) groups excluding carboxylic acids is 1. The van der Waals surface area contributed by atoms with Crippen molar-refractivity contribution in [1.82, 2.24) is 19.9 Å². The molecule has 0 radical (unpaired) electrons. The standard InChI is InChI=1S/C11H10ClN5O3/c1-19-8-3-9(20-2)16-11(15-8)17-10(18)6-4-14-7(12)5-13-6/h3-5H,1-2H3,(H,15,16,17,18). The highest BCUT2D eigenvalue weighted by Crippen LogP contribution is 2.17. The minimum absolute atomic E-state index is 0.0305. The molecule has 8 nitrogen and oxygen atoms in total. The summed E-state index contributed by atoms with van der Waals surface area (Å²) < 4.78 is 9.95. The van der Waals surface area contributed by atoms with Gasteiger partial charge in [0.1, 0.15) is 10.8 Å². The van der Waals surface area contributed by atoms with Gasteiger partial charge < -0.3 is 9.47 Å². The van der Waals surface area contributed by atoms with Crippen LogP contribution in [0.15, 0.2) is 18.5 Å². The lowest BCUT2D eigenvalue weighted by Crippen LogP contribution is -2.16. The van der Waals surface area contributed by atoms with Crippen molar-refractivity contribution in [2.24, 2.45) is 0 Å². The van der Waals surface area contributed by atoms with E-state index in [1.54, 1.807) is 0 Å². The summed E-state index contributed by atoms with van der Waals surface area (Å²) in [5.41, 5.74) is 0.0831. The molecule has 0 bridgehead atoms. The molecule has 9 heteroatoms. The van der Waals surface area contributed by atoms with Crippen molar-refractivity contribution in [3.05, 3.63) is 29.3 Å². The smallest absolute Gasteiger partial charge is 0.278 e. The van der Waals surface area contributed by atoms with Gasteiger partial charge in [-0.15, -0.1) is 0 Å². The molecule has 0 spiro atoms. The first kappa shape index (κ1) is 13.9. The summed E-state index contributed by atoms with van der Waals surface area (Å²) in [4.78, 5) is 27.4. The zero-order valence-electron chi connectivity index (χ0n) is 10.6. The molecular formula is C11H10ClN5O3. The van der Waals surface area contributed by atoms with Gasteiger partial charge in [0.15, 0.2) is 0 Å². The summed E-state index contributed by atoms with van der Waals surface area (Å²) in [5.74, 6) is 0.0242. The lowest BCUT2D eigenvalue weighted by molar-refractivity contribution is 0.102. The molecule has 2 rings (SSSR count). The van der Waals surface area contributed by atoms with Gasteiger partial charge in [0.25, 0.3) is 5.91 Å². The van der Waals surface area contributed by atoms with Crippen molar-refractivity contribution in [3.63, 3.8) is 0 Å². The maximum atomic E-state index is 11.9. The maximum Gasteiger partial charge on any atom is 0.278 e. The van der Waals surface area contributed by atoms with Gasteiger partial charge in [-0.25, -0.2) is 9.97 Å². The van der Waals surface area contributed by atoms with E-state index in [-0.39, 0.29) is 28.6 Å². The van der Waals surface area contributed by atoms with Crippen LogP contribution in [-0.2, 0) is 0 Å². The molecule has 0 fully saturated rings. The predicted octanol–water partition coefficient (Wildman–Crippen LogP) is 1.19. The fourth-order valence-corrected chi connectivity index (χ4v) is 1.36. The second-order valence-corrected chi connectivity index (χ2v) is 3.84. The Morgan fingerprint density at radius 1 is 1.15 bits per heavy atom. The van der Waals surface area contributed by atoms with Crippen molar-refractivity contribution in [1.29, 1.82) is 0 Å². The normalized spacial score (nSPS) is 9.95. The zero-order chi connectivity index (χ0) is 14.5. The van der Waals surface area contributed by atoms with Crippen LogP contribution in [0.1, 0.15) is 10.5 Å². The van der Waals surface area contributed by atoms with E-state index >= 15 is 0 Å². The van der Waals surface area contributed by atoms with Gasteiger partial charge in [-0.05, 0) is 0 Å². The first-order valence-corrected chi connectivity index (χ1v) is 5.76. The van der Waals surface area contributed by atoms with Gasteiger partial charge in [0.05, 0.1) is 32.7 Å². The lowest BCUT2D eigenvalue weighted by atomic mass is 10.4. The van der Waals surface area contributed by atoms with Crippen LogP contribution in [-0.4, -0.2) is 40.1 Å². The molecule has 2 aromatic rings. The third kappa shape index (κ3) is 3.29. The van der Waals surface area contributed by atoms with E-state index in [2.05, 4.69) is 25.3 Å². The molecule has 2 aromatic heterocycles. The van der Waals surface area contributed by atoms with Crippen LogP contribution in [0, 0.1) is 0 Å². The average molecular weight is 296 g/mol. The number of nitrogens with one attached hydrogen (secondary N) is 1. The number of aromatic nitrogens is 4. The van der Waals surface area contributed by atoms with E-state index in [1.807, 2.05) is 0 Å². The quantitative estimate of drug-likeness (QED) is 0.904. The van der Waals surface area contributed by atoms with Crippen LogP contribution in [0.5, 0.6) is 11.8 Å². The van der Waals surface area contributed by atoms with Gasteiger partial charge >= 0.3 is 0 Å². The molecular weight excluding hydrogens is 286 g/mol. The van der Waals surface area contributed by atoms with Crippen LogP contribution in [0.4, 0.5) is 5.95 Å². The summed E-state index contributed by atoms with van der Waals surface area (Å²) in [6.45, 7) is 0. The number of halogens is 1. The van der Waals surface area contributed by atoms with E-state index in [9.17, 15) is 4.79 Å². The number of anilines is 1. The number of methoxy groups -OCH3 is 2. The van der Waals surface area contributed by atoms with E-state index in [0.717, 1.165) is 0 Å². The number of hydrogen-bond donors (Lipinski definition) is 1. The van der Waals surface area contributed by atoms with Crippen molar-refractivity contribution < 1.29 is 14.3 Å². The van der Waals surface area contributed by atoms with Crippen molar-refractivity contribution in [3.8, 4) is 11.8 Å². The van der Waals surface area contributed by atoms with Gasteiger partial charge in [0.2, 0.25) is 17.7 Å². The first-order chi connectivity index (χ1) is 9.62. The van der Waals surface area contributed by atoms with E-state index in [1.165, 1.54) is 32.7 Å². The Balaban J connectivity index is 2.20. The molecule has 2 heterocycles. The highest BCUT2D eigenvalue weighted by Gasteiger charge is 2.12. The maximum absolute atomic E-state index is 11.9. The molecule has 0 aliphatic rings. The number of amides is 1. The molecule has 1 amide bonds. The predicted molar refractivity (Wildman–Crippen MR) is 70.1 cm³/mol. The minimum atomic E-state index is -0.524. The Labute approximate surface area is 119 Å². The molecule has 0 saturated heterocycles. The third-order valence-corrected chi connectivity index (χ3v) is 2.37. The van der Waals surface area contributed by atoms with Gasteiger partial charge in [-0.3, -0.25) is 10.1 Å². The fraction of sp³-hybridized carbons (Fsp3) is 0.182. The summed E-state index contributed by atoms with van der Waals surface area (Å²) in [6, 6.07) is 1.48. The topological polar surface area (TPSA) is 99.1 Å². The second-order valence-electron chi connectivity index (χ2n) is 3.45. The largest absolute Gasteiger partial charge is 0.481 e. The highest BCUT2D eigenvalue weighted by molar-refractivity contribution is 6.29. The summed E-state index contributed by atoms with van der Waals surface area (Å²) in [6.07, 6.45) is 2.51. The Bertz CT molecular complexity index is 598. The molecule has 0 saturated carbocycles. The third-order valence-electron chi connectivity index (χ3n) is 2.18. The Morgan fingerprint density at radius 2 is 1.80 bits per heavy atom.